The predicted octanol–water partition coefficient (Wildman–Crippen LogP) is 5.10. The zero-order chi connectivity index (χ0) is 13.3. The summed E-state index contributed by atoms with van der Waals surface area (Å²) in [5.41, 5.74) is 4.39. The first kappa shape index (κ1) is 12.8. The van der Waals surface area contributed by atoms with E-state index in [1.165, 1.54) is 5.56 Å². The monoisotopic (exact) mass is 242 g/mol. The lowest BCUT2D eigenvalue weighted by atomic mass is 9.86. The molecule has 0 aliphatic rings. The number of hydrogen-bond acceptors (Lipinski definition) is 0. The quantitative estimate of drug-likeness (QED) is 0.652. The molecule has 18 heavy (non-hydrogen) atoms. The normalized spacial score (nSPS) is 11.6. The van der Waals surface area contributed by atoms with E-state index >= 15 is 0 Å². The molecule has 0 atom stereocenters. The molecule has 0 saturated heterocycles. The number of hydrogen-bond donors (Lipinski definition) is 0. The lowest BCUT2D eigenvalue weighted by Crippen LogP contribution is -2.10. The Hall–Kier alpha value is -1.63. The molecular formula is C17H19F. The van der Waals surface area contributed by atoms with Crippen LogP contribution >= 0.6 is 0 Å². The predicted molar refractivity (Wildman–Crippen MR) is 75.3 cm³/mol. The smallest absolute Gasteiger partial charge is 0.124 e. The first-order chi connectivity index (χ1) is 8.36. The highest BCUT2D eigenvalue weighted by molar-refractivity contribution is 5.64. The van der Waals surface area contributed by atoms with Crippen molar-refractivity contribution in [2.24, 2.45) is 0 Å². The minimum Gasteiger partial charge on any atom is -0.207 e. The Labute approximate surface area is 108 Å². The highest BCUT2D eigenvalue weighted by Crippen LogP contribution is 2.27. The molecule has 0 unspecified atom stereocenters. The van der Waals surface area contributed by atoms with Crippen LogP contribution in [0.15, 0.2) is 42.5 Å². The molecule has 0 spiro atoms. The summed E-state index contributed by atoms with van der Waals surface area (Å²) in [4.78, 5) is 0. The van der Waals surface area contributed by atoms with Gasteiger partial charge in [-0.1, -0.05) is 51.1 Å². The van der Waals surface area contributed by atoms with E-state index in [0.717, 1.165) is 16.7 Å². The largest absolute Gasteiger partial charge is 0.207 e. The Balaban J connectivity index is 2.40. The summed E-state index contributed by atoms with van der Waals surface area (Å²) in [5.74, 6) is -0.176. The van der Waals surface area contributed by atoms with E-state index in [1.807, 2.05) is 13.0 Å². The van der Waals surface area contributed by atoms with Gasteiger partial charge < -0.3 is 0 Å². The fourth-order valence-corrected chi connectivity index (χ4v) is 2.07. The first-order valence-electron chi connectivity index (χ1n) is 6.24. The zero-order valence-corrected chi connectivity index (χ0v) is 11.4. The summed E-state index contributed by atoms with van der Waals surface area (Å²) in [6.07, 6.45) is 0. The Bertz CT molecular complexity index is 525. The molecule has 0 fully saturated rings. The third-order valence-corrected chi connectivity index (χ3v) is 3.13. The summed E-state index contributed by atoms with van der Waals surface area (Å²) in [6, 6.07) is 13.5. The van der Waals surface area contributed by atoms with E-state index in [1.54, 1.807) is 12.1 Å². The van der Waals surface area contributed by atoms with Crippen LogP contribution in [0, 0.1) is 12.7 Å². The van der Waals surface area contributed by atoms with Gasteiger partial charge in [0.05, 0.1) is 0 Å². The Morgan fingerprint density at radius 2 is 1.44 bits per heavy atom. The van der Waals surface area contributed by atoms with Crippen LogP contribution in [0.3, 0.4) is 0 Å². The van der Waals surface area contributed by atoms with Gasteiger partial charge in [0.25, 0.3) is 0 Å². The molecule has 0 N–H and O–H groups in total. The molecule has 0 aliphatic carbocycles. The van der Waals surface area contributed by atoms with E-state index in [9.17, 15) is 4.39 Å². The van der Waals surface area contributed by atoms with Crippen LogP contribution in [0.2, 0.25) is 0 Å². The summed E-state index contributed by atoms with van der Waals surface area (Å²) in [6.45, 7) is 8.48. The molecule has 0 bridgehead atoms. The molecule has 2 rings (SSSR count). The van der Waals surface area contributed by atoms with E-state index < -0.39 is 0 Å². The number of aryl methyl sites for hydroxylation is 1. The van der Waals surface area contributed by atoms with Crippen molar-refractivity contribution in [3.05, 3.63) is 59.4 Å². The minimum atomic E-state index is -0.176. The SMILES string of the molecule is Cc1cc(F)cc(-c2ccc(C(C)(C)C)cc2)c1. The van der Waals surface area contributed by atoms with Crippen LogP contribution in [-0.2, 0) is 5.41 Å². The van der Waals surface area contributed by atoms with Crippen molar-refractivity contribution < 1.29 is 4.39 Å². The summed E-state index contributed by atoms with van der Waals surface area (Å²) < 4.78 is 13.4. The van der Waals surface area contributed by atoms with Gasteiger partial charge in [-0.25, -0.2) is 4.39 Å². The third kappa shape index (κ3) is 2.79. The van der Waals surface area contributed by atoms with Crippen molar-refractivity contribution in [3.63, 3.8) is 0 Å². The number of halogens is 1. The van der Waals surface area contributed by atoms with Gasteiger partial charge in [0, 0.05) is 0 Å². The zero-order valence-electron chi connectivity index (χ0n) is 11.4. The lowest BCUT2D eigenvalue weighted by Gasteiger charge is -2.19. The number of rotatable bonds is 1. The van der Waals surface area contributed by atoms with E-state index in [0.29, 0.717) is 0 Å². The Morgan fingerprint density at radius 1 is 0.833 bits per heavy atom. The molecule has 0 amide bonds. The Morgan fingerprint density at radius 3 is 1.94 bits per heavy atom. The van der Waals surface area contributed by atoms with Crippen molar-refractivity contribution >= 4 is 0 Å². The van der Waals surface area contributed by atoms with Crippen LogP contribution in [-0.4, -0.2) is 0 Å². The Kier molecular flexibility index (Phi) is 3.25. The van der Waals surface area contributed by atoms with Crippen molar-refractivity contribution in [3.8, 4) is 11.1 Å². The molecule has 0 aromatic heterocycles. The summed E-state index contributed by atoms with van der Waals surface area (Å²) in [5, 5.41) is 0. The van der Waals surface area contributed by atoms with Crippen molar-refractivity contribution in [2.45, 2.75) is 33.1 Å². The van der Waals surface area contributed by atoms with Crippen molar-refractivity contribution in [1.29, 1.82) is 0 Å². The van der Waals surface area contributed by atoms with Crippen LogP contribution in [0.4, 0.5) is 4.39 Å². The fraction of sp³-hybridized carbons (Fsp3) is 0.294. The molecule has 94 valence electrons. The maximum atomic E-state index is 13.4. The second-order valence-corrected chi connectivity index (χ2v) is 5.84. The third-order valence-electron chi connectivity index (χ3n) is 3.13. The number of benzene rings is 2. The lowest BCUT2D eigenvalue weighted by molar-refractivity contribution is 0.590. The van der Waals surface area contributed by atoms with Gasteiger partial charge in [-0.15, -0.1) is 0 Å². The fourth-order valence-electron chi connectivity index (χ4n) is 2.07. The van der Waals surface area contributed by atoms with Crippen molar-refractivity contribution in [2.75, 3.05) is 0 Å². The minimum absolute atomic E-state index is 0.149. The van der Waals surface area contributed by atoms with Crippen LogP contribution in [0.25, 0.3) is 11.1 Å². The molecule has 1 heteroatoms. The average molecular weight is 242 g/mol. The standard InChI is InChI=1S/C17H19F/c1-12-9-14(11-16(18)10-12)13-5-7-15(8-6-13)17(2,3)4/h5-11H,1-4H3. The molecule has 0 aliphatic heterocycles. The average Bonchev–Trinajstić information content (AvgIpc) is 2.27. The van der Waals surface area contributed by atoms with Gasteiger partial charge >= 0.3 is 0 Å². The molecule has 0 saturated carbocycles. The molecule has 2 aromatic rings. The highest BCUT2D eigenvalue weighted by Gasteiger charge is 2.13. The summed E-state index contributed by atoms with van der Waals surface area (Å²) >= 11 is 0. The molecular weight excluding hydrogens is 223 g/mol. The van der Waals surface area contributed by atoms with Gasteiger partial charge in [-0.05, 0) is 46.7 Å². The first-order valence-corrected chi connectivity index (χ1v) is 6.24. The molecule has 0 heterocycles. The van der Waals surface area contributed by atoms with E-state index in [2.05, 4.69) is 45.0 Å². The maximum absolute atomic E-state index is 13.4. The topological polar surface area (TPSA) is 0 Å². The molecule has 2 aromatic carbocycles. The molecule has 0 nitrogen and oxygen atoms in total. The van der Waals surface area contributed by atoms with E-state index in [4.69, 9.17) is 0 Å². The van der Waals surface area contributed by atoms with Gasteiger partial charge in [-0.2, -0.15) is 0 Å². The van der Waals surface area contributed by atoms with Crippen LogP contribution in [0.1, 0.15) is 31.9 Å². The van der Waals surface area contributed by atoms with Crippen molar-refractivity contribution in [1.82, 2.24) is 0 Å². The second kappa shape index (κ2) is 4.56. The van der Waals surface area contributed by atoms with E-state index in [-0.39, 0.29) is 11.2 Å². The van der Waals surface area contributed by atoms with Crippen LogP contribution < -0.4 is 0 Å². The second-order valence-electron chi connectivity index (χ2n) is 5.84. The summed E-state index contributed by atoms with van der Waals surface area (Å²) in [7, 11) is 0. The van der Waals surface area contributed by atoms with Gasteiger partial charge in [0.2, 0.25) is 0 Å². The van der Waals surface area contributed by atoms with Crippen LogP contribution in [0.5, 0.6) is 0 Å². The van der Waals surface area contributed by atoms with Gasteiger partial charge in [0.1, 0.15) is 5.82 Å². The highest BCUT2D eigenvalue weighted by atomic mass is 19.1. The van der Waals surface area contributed by atoms with Gasteiger partial charge in [0.15, 0.2) is 0 Å². The van der Waals surface area contributed by atoms with Gasteiger partial charge in [-0.3, -0.25) is 0 Å². The molecule has 0 radical (unpaired) electrons. The maximum Gasteiger partial charge on any atom is 0.124 e.